The summed E-state index contributed by atoms with van der Waals surface area (Å²) in [6, 6.07) is 12.2. The molecule has 0 atom stereocenters. The van der Waals surface area contributed by atoms with Crippen molar-refractivity contribution >= 4 is 39.6 Å². The van der Waals surface area contributed by atoms with E-state index in [0.29, 0.717) is 6.54 Å². The lowest BCUT2D eigenvalue weighted by molar-refractivity contribution is 0.493. The number of anilines is 1. The first-order chi connectivity index (χ1) is 9.31. The summed E-state index contributed by atoms with van der Waals surface area (Å²) >= 11 is 3.81. The van der Waals surface area contributed by atoms with Gasteiger partial charge in [0.05, 0.1) is 6.54 Å². The molecule has 5 heteroatoms. The zero-order valence-electron chi connectivity index (χ0n) is 9.97. The fourth-order valence-corrected chi connectivity index (χ4v) is 2.84. The Morgan fingerprint density at radius 1 is 1.16 bits per heavy atom. The van der Waals surface area contributed by atoms with Crippen LogP contribution in [-0.4, -0.2) is 4.98 Å². The van der Waals surface area contributed by atoms with E-state index in [1.54, 1.807) is 11.3 Å². The molecule has 3 aromatic rings. The molecule has 0 aliphatic carbocycles. The number of furan rings is 1. The molecule has 0 radical (unpaired) electrons. The Labute approximate surface area is 128 Å². The Balaban J connectivity index is 1.66. The molecule has 2 heterocycles. The Bertz CT molecular complexity index is 646. The number of thiazole rings is 1. The van der Waals surface area contributed by atoms with Crippen LogP contribution in [0.5, 0.6) is 0 Å². The molecule has 0 saturated carbocycles. The molecule has 1 aromatic carbocycles. The van der Waals surface area contributed by atoms with Crippen molar-refractivity contribution in [3.63, 3.8) is 0 Å². The van der Waals surface area contributed by atoms with E-state index in [1.807, 2.05) is 23.7 Å². The Morgan fingerprint density at radius 2 is 2.00 bits per heavy atom. The molecule has 1 N–H and O–H groups in total. The predicted octanol–water partition coefficient (Wildman–Crippen LogP) is 4.62. The van der Waals surface area contributed by atoms with Crippen LogP contribution in [0.2, 0.25) is 0 Å². The number of benzene rings is 1. The highest BCUT2D eigenvalue weighted by atomic mass is 127. The van der Waals surface area contributed by atoms with E-state index in [-0.39, 0.29) is 0 Å². The van der Waals surface area contributed by atoms with Crippen LogP contribution in [0, 0.1) is 3.77 Å². The summed E-state index contributed by atoms with van der Waals surface area (Å²) in [5.41, 5.74) is 2.22. The first-order valence-electron chi connectivity index (χ1n) is 5.79. The van der Waals surface area contributed by atoms with E-state index in [2.05, 4.69) is 57.2 Å². The number of nitrogens with zero attached hydrogens (tertiary/aromatic N) is 1. The van der Waals surface area contributed by atoms with Crippen molar-refractivity contribution in [2.45, 2.75) is 6.54 Å². The largest absolute Gasteiger partial charge is 0.454 e. The fourth-order valence-electron chi connectivity index (χ4n) is 1.73. The molecule has 2 aromatic heterocycles. The lowest BCUT2D eigenvalue weighted by Crippen LogP contribution is -1.97. The molecule has 0 saturated heterocycles. The fraction of sp³-hybridized carbons (Fsp3) is 0.0714. The highest BCUT2D eigenvalue weighted by Crippen LogP contribution is 2.23. The Kier molecular flexibility index (Phi) is 3.84. The van der Waals surface area contributed by atoms with Gasteiger partial charge in [-0.3, -0.25) is 0 Å². The van der Waals surface area contributed by atoms with Crippen LogP contribution >= 0.6 is 33.9 Å². The third kappa shape index (κ3) is 3.16. The summed E-state index contributed by atoms with van der Waals surface area (Å²) < 4.78 is 6.41. The average Bonchev–Trinajstić information content (AvgIpc) is 3.08. The summed E-state index contributed by atoms with van der Waals surface area (Å²) in [4.78, 5) is 4.29. The molecule has 0 unspecified atom stereocenters. The quantitative estimate of drug-likeness (QED) is 0.670. The van der Waals surface area contributed by atoms with Gasteiger partial charge in [-0.15, -0.1) is 11.3 Å². The van der Waals surface area contributed by atoms with Crippen LogP contribution < -0.4 is 5.32 Å². The second-order valence-electron chi connectivity index (χ2n) is 3.97. The topological polar surface area (TPSA) is 38.1 Å². The number of hydrogen-bond donors (Lipinski definition) is 1. The minimum Gasteiger partial charge on any atom is -0.454 e. The smallest absolute Gasteiger partial charge is 0.164 e. The van der Waals surface area contributed by atoms with Crippen LogP contribution in [0.4, 0.5) is 5.69 Å². The summed E-state index contributed by atoms with van der Waals surface area (Å²) in [5.74, 6) is 0.938. The monoisotopic (exact) mass is 382 g/mol. The maximum atomic E-state index is 5.50. The van der Waals surface area contributed by atoms with E-state index >= 15 is 0 Å². The van der Waals surface area contributed by atoms with Gasteiger partial charge in [0, 0.05) is 22.8 Å². The zero-order valence-corrected chi connectivity index (χ0v) is 12.9. The van der Waals surface area contributed by atoms with Gasteiger partial charge in [-0.1, -0.05) is 0 Å². The minimum atomic E-state index is 0.694. The summed E-state index contributed by atoms with van der Waals surface area (Å²) in [6.07, 6.45) is 1.82. The SMILES string of the molecule is Ic1ccc(CNc2ccc(-c3nccs3)cc2)o1. The lowest BCUT2D eigenvalue weighted by atomic mass is 10.2. The van der Waals surface area contributed by atoms with Gasteiger partial charge < -0.3 is 9.73 Å². The molecular weight excluding hydrogens is 371 g/mol. The van der Waals surface area contributed by atoms with E-state index in [1.165, 1.54) is 0 Å². The van der Waals surface area contributed by atoms with Crippen molar-refractivity contribution < 1.29 is 4.42 Å². The third-order valence-corrected chi connectivity index (χ3v) is 4.06. The molecule has 19 heavy (non-hydrogen) atoms. The standard InChI is InChI=1S/C14H11IN2OS/c15-13-6-5-12(18-13)9-17-11-3-1-10(2-4-11)14-16-7-8-19-14/h1-8,17H,9H2. The van der Waals surface area contributed by atoms with Gasteiger partial charge in [0.1, 0.15) is 10.8 Å². The highest BCUT2D eigenvalue weighted by Gasteiger charge is 2.02. The predicted molar refractivity (Wildman–Crippen MR) is 86.3 cm³/mol. The van der Waals surface area contributed by atoms with Crippen LogP contribution in [0.3, 0.4) is 0 Å². The molecular formula is C14H11IN2OS. The van der Waals surface area contributed by atoms with E-state index in [0.717, 1.165) is 25.8 Å². The molecule has 0 amide bonds. The third-order valence-electron chi connectivity index (χ3n) is 2.66. The van der Waals surface area contributed by atoms with Crippen LogP contribution in [0.15, 0.2) is 52.4 Å². The second kappa shape index (κ2) is 5.75. The van der Waals surface area contributed by atoms with E-state index in [9.17, 15) is 0 Å². The van der Waals surface area contributed by atoms with Crippen molar-refractivity contribution in [2.24, 2.45) is 0 Å². The summed E-state index contributed by atoms with van der Waals surface area (Å²) in [6.45, 7) is 0.694. The van der Waals surface area contributed by atoms with E-state index < -0.39 is 0 Å². The number of hydrogen-bond acceptors (Lipinski definition) is 4. The molecule has 3 nitrogen and oxygen atoms in total. The van der Waals surface area contributed by atoms with Crippen molar-refractivity contribution in [3.8, 4) is 10.6 Å². The molecule has 3 rings (SSSR count). The molecule has 0 bridgehead atoms. The molecule has 0 aliphatic rings. The maximum Gasteiger partial charge on any atom is 0.164 e. The second-order valence-corrected chi connectivity index (χ2v) is 5.93. The van der Waals surface area contributed by atoms with Crippen molar-refractivity contribution in [1.82, 2.24) is 4.98 Å². The van der Waals surface area contributed by atoms with Crippen LogP contribution in [0.25, 0.3) is 10.6 Å². The van der Waals surface area contributed by atoms with Gasteiger partial charge in [-0.25, -0.2) is 4.98 Å². The summed E-state index contributed by atoms with van der Waals surface area (Å²) in [7, 11) is 0. The molecule has 0 fully saturated rings. The van der Waals surface area contributed by atoms with Crippen LogP contribution in [0.1, 0.15) is 5.76 Å². The number of rotatable bonds is 4. The first kappa shape index (κ1) is 12.7. The van der Waals surface area contributed by atoms with E-state index in [4.69, 9.17) is 4.42 Å². The zero-order chi connectivity index (χ0) is 13.1. The molecule has 96 valence electrons. The summed E-state index contributed by atoms with van der Waals surface area (Å²) in [5, 5.41) is 6.37. The van der Waals surface area contributed by atoms with Gasteiger partial charge in [-0.2, -0.15) is 0 Å². The normalized spacial score (nSPS) is 10.6. The van der Waals surface area contributed by atoms with Gasteiger partial charge in [-0.05, 0) is 59.0 Å². The van der Waals surface area contributed by atoms with Gasteiger partial charge >= 0.3 is 0 Å². The number of aromatic nitrogens is 1. The lowest BCUT2D eigenvalue weighted by Gasteiger charge is -2.05. The maximum absolute atomic E-state index is 5.50. The van der Waals surface area contributed by atoms with Crippen LogP contribution in [-0.2, 0) is 6.54 Å². The number of halogens is 1. The van der Waals surface area contributed by atoms with Gasteiger partial charge in [0.2, 0.25) is 0 Å². The minimum absolute atomic E-state index is 0.694. The van der Waals surface area contributed by atoms with Crippen molar-refractivity contribution in [3.05, 3.63) is 57.5 Å². The average molecular weight is 382 g/mol. The van der Waals surface area contributed by atoms with Gasteiger partial charge in [0.25, 0.3) is 0 Å². The highest BCUT2D eigenvalue weighted by molar-refractivity contribution is 14.1. The first-order valence-corrected chi connectivity index (χ1v) is 7.75. The molecule has 0 spiro atoms. The van der Waals surface area contributed by atoms with Crippen molar-refractivity contribution in [2.75, 3.05) is 5.32 Å². The Morgan fingerprint density at radius 3 is 2.63 bits per heavy atom. The molecule has 0 aliphatic heterocycles. The van der Waals surface area contributed by atoms with Gasteiger partial charge in [0.15, 0.2) is 3.77 Å². The number of nitrogens with one attached hydrogen (secondary N) is 1. The Hall–Kier alpha value is -1.34. The van der Waals surface area contributed by atoms with Crippen molar-refractivity contribution in [1.29, 1.82) is 0 Å².